The number of hydrogen-bond acceptors (Lipinski definition) is 4. The molecule has 1 spiro atoms. The molecule has 2 heterocycles. The first kappa shape index (κ1) is 12.3. The van der Waals surface area contributed by atoms with Crippen LogP contribution in [-0.4, -0.2) is 37.5 Å². The number of fused-ring (bicyclic) bond motifs is 1. The minimum Gasteiger partial charge on any atom is -0.353 e. The van der Waals surface area contributed by atoms with Crippen LogP contribution >= 0.6 is 0 Å². The Morgan fingerprint density at radius 3 is 2.72 bits per heavy atom. The first-order valence-electron chi connectivity index (χ1n) is 6.54. The van der Waals surface area contributed by atoms with Crippen LogP contribution in [0.3, 0.4) is 0 Å². The molecule has 2 bridgehead atoms. The van der Waals surface area contributed by atoms with Crippen LogP contribution in [0, 0.1) is 5.41 Å². The van der Waals surface area contributed by atoms with Crippen molar-refractivity contribution in [2.45, 2.75) is 50.1 Å². The lowest BCUT2D eigenvalue weighted by Crippen LogP contribution is -2.70. The molecule has 0 radical (unpaired) electrons. The zero-order valence-corrected chi connectivity index (χ0v) is 11.2. The summed E-state index contributed by atoms with van der Waals surface area (Å²) in [6.07, 6.45) is 7.06. The van der Waals surface area contributed by atoms with Crippen molar-refractivity contribution in [2.75, 3.05) is 14.2 Å². The molecular formula is C14H20O4. The van der Waals surface area contributed by atoms with Gasteiger partial charge in [0, 0.05) is 26.1 Å². The van der Waals surface area contributed by atoms with Gasteiger partial charge in [0.2, 0.25) is 5.79 Å². The maximum atomic E-state index is 12.6. The van der Waals surface area contributed by atoms with E-state index in [1.807, 2.05) is 6.08 Å². The molecule has 1 saturated heterocycles. The first-order chi connectivity index (χ1) is 8.53. The summed E-state index contributed by atoms with van der Waals surface area (Å²) in [6.45, 7) is 2.13. The molecule has 0 aromatic heterocycles. The predicted octanol–water partition coefficient (Wildman–Crippen LogP) is 1.83. The molecule has 1 saturated carbocycles. The van der Waals surface area contributed by atoms with Gasteiger partial charge in [-0.3, -0.25) is 4.79 Å². The van der Waals surface area contributed by atoms with Crippen LogP contribution in [0.15, 0.2) is 12.2 Å². The average Bonchev–Trinajstić information content (AvgIpc) is 2.63. The van der Waals surface area contributed by atoms with Crippen molar-refractivity contribution < 1.29 is 19.0 Å². The highest BCUT2D eigenvalue weighted by molar-refractivity contribution is 6.00. The SMILES string of the molecule is COC1(OC)CCC[C@]2(C)C[C@H]3C=CC(=O)[C@@]12O3. The molecule has 2 aliphatic heterocycles. The number of rotatable bonds is 2. The highest BCUT2D eigenvalue weighted by Gasteiger charge is 2.74. The molecule has 0 unspecified atom stereocenters. The lowest BCUT2D eigenvalue weighted by Gasteiger charge is -2.55. The third-order valence-electron chi connectivity index (χ3n) is 5.07. The summed E-state index contributed by atoms with van der Waals surface area (Å²) >= 11 is 0. The van der Waals surface area contributed by atoms with Gasteiger partial charge in [-0.25, -0.2) is 0 Å². The Bertz CT molecular complexity index is 412. The fraction of sp³-hybridized carbons (Fsp3) is 0.786. The first-order valence-corrected chi connectivity index (χ1v) is 6.54. The van der Waals surface area contributed by atoms with Gasteiger partial charge in [-0.2, -0.15) is 0 Å². The van der Waals surface area contributed by atoms with Crippen LogP contribution in [0.2, 0.25) is 0 Å². The van der Waals surface area contributed by atoms with Crippen LogP contribution in [0.25, 0.3) is 0 Å². The fourth-order valence-corrected chi connectivity index (χ4v) is 4.25. The second-order valence-corrected chi connectivity index (χ2v) is 5.84. The molecule has 0 aromatic rings. The molecule has 2 fully saturated rings. The van der Waals surface area contributed by atoms with Crippen molar-refractivity contribution in [2.24, 2.45) is 5.41 Å². The second kappa shape index (κ2) is 3.65. The molecule has 3 aliphatic rings. The number of methoxy groups -OCH3 is 2. The van der Waals surface area contributed by atoms with Gasteiger partial charge in [-0.05, 0) is 25.3 Å². The Kier molecular flexibility index (Phi) is 2.50. The summed E-state index contributed by atoms with van der Waals surface area (Å²) in [4.78, 5) is 12.6. The highest BCUT2D eigenvalue weighted by atomic mass is 16.7. The smallest absolute Gasteiger partial charge is 0.205 e. The number of ketones is 1. The maximum absolute atomic E-state index is 12.6. The number of carbonyl (C=O) groups excluding carboxylic acids is 1. The summed E-state index contributed by atoms with van der Waals surface area (Å²) < 4.78 is 17.4. The Hall–Kier alpha value is -0.710. The normalized spacial score (nSPS) is 45.1. The molecule has 0 N–H and O–H groups in total. The zero-order chi connectivity index (χ0) is 13.0. The fourth-order valence-electron chi connectivity index (χ4n) is 4.25. The molecule has 18 heavy (non-hydrogen) atoms. The van der Waals surface area contributed by atoms with E-state index in [1.165, 1.54) is 0 Å². The van der Waals surface area contributed by atoms with E-state index >= 15 is 0 Å². The Balaban J connectivity index is 2.20. The summed E-state index contributed by atoms with van der Waals surface area (Å²) in [6, 6.07) is 0. The number of hydrogen-bond donors (Lipinski definition) is 0. The summed E-state index contributed by atoms with van der Waals surface area (Å²) in [5.41, 5.74) is -1.18. The van der Waals surface area contributed by atoms with Gasteiger partial charge in [-0.1, -0.05) is 13.0 Å². The standard InChI is InChI=1S/C14H20O4/c1-12-7-4-8-13(16-2,17-3)14(12)11(15)6-5-10(9-12)18-14/h5-6,10H,4,7-9H2,1-3H3/t10-,12-,14+/m1/s1. The minimum absolute atomic E-state index is 0.00970. The van der Waals surface area contributed by atoms with E-state index in [4.69, 9.17) is 14.2 Å². The molecule has 3 rings (SSSR count). The van der Waals surface area contributed by atoms with Crippen molar-refractivity contribution in [1.29, 1.82) is 0 Å². The number of carbonyl (C=O) groups is 1. The summed E-state index contributed by atoms with van der Waals surface area (Å²) in [5.74, 6) is -0.960. The molecule has 0 amide bonds. The van der Waals surface area contributed by atoms with E-state index in [-0.39, 0.29) is 17.3 Å². The number of ether oxygens (including phenoxy) is 3. The molecule has 4 heteroatoms. The average molecular weight is 252 g/mol. The lowest BCUT2D eigenvalue weighted by atomic mass is 9.59. The van der Waals surface area contributed by atoms with Gasteiger partial charge in [0.15, 0.2) is 11.4 Å². The Morgan fingerprint density at radius 2 is 2.06 bits per heavy atom. The van der Waals surface area contributed by atoms with Crippen molar-refractivity contribution in [1.82, 2.24) is 0 Å². The summed E-state index contributed by atoms with van der Waals surface area (Å²) in [7, 11) is 3.21. The quantitative estimate of drug-likeness (QED) is 0.703. The third-order valence-corrected chi connectivity index (χ3v) is 5.07. The van der Waals surface area contributed by atoms with Crippen molar-refractivity contribution in [3.63, 3.8) is 0 Å². The minimum atomic E-state index is -0.971. The predicted molar refractivity (Wildman–Crippen MR) is 65.1 cm³/mol. The van der Waals surface area contributed by atoms with Gasteiger partial charge in [0.05, 0.1) is 6.10 Å². The molecule has 4 nitrogen and oxygen atoms in total. The van der Waals surface area contributed by atoms with Crippen LogP contribution in [0.1, 0.15) is 32.6 Å². The van der Waals surface area contributed by atoms with Crippen molar-refractivity contribution in [3.05, 3.63) is 12.2 Å². The molecule has 1 aliphatic carbocycles. The van der Waals surface area contributed by atoms with E-state index < -0.39 is 11.4 Å². The van der Waals surface area contributed by atoms with Crippen LogP contribution < -0.4 is 0 Å². The van der Waals surface area contributed by atoms with Crippen LogP contribution in [-0.2, 0) is 19.0 Å². The zero-order valence-electron chi connectivity index (χ0n) is 11.2. The Morgan fingerprint density at radius 1 is 1.33 bits per heavy atom. The van der Waals surface area contributed by atoms with Crippen molar-refractivity contribution in [3.8, 4) is 0 Å². The lowest BCUT2D eigenvalue weighted by molar-refractivity contribution is -0.328. The molecule has 100 valence electrons. The van der Waals surface area contributed by atoms with Gasteiger partial charge in [0.1, 0.15) is 0 Å². The van der Waals surface area contributed by atoms with E-state index in [9.17, 15) is 4.79 Å². The molecular weight excluding hydrogens is 232 g/mol. The largest absolute Gasteiger partial charge is 0.353 e. The molecule has 0 aromatic carbocycles. The van der Waals surface area contributed by atoms with Gasteiger partial charge in [-0.15, -0.1) is 0 Å². The van der Waals surface area contributed by atoms with E-state index in [0.717, 1.165) is 19.3 Å². The third kappa shape index (κ3) is 1.14. The maximum Gasteiger partial charge on any atom is 0.205 e. The monoisotopic (exact) mass is 252 g/mol. The van der Waals surface area contributed by atoms with Gasteiger partial charge in [0.25, 0.3) is 0 Å². The van der Waals surface area contributed by atoms with E-state index in [2.05, 4.69) is 6.92 Å². The van der Waals surface area contributed by atoms with Crippen molar-refractivity contribution >= 4 is 5.78 Å². The summed E-state index contributed by atoms with van der Waals surface area (Å²) in [5, 5.41) is 0. The Labute approximate surface area is 107 Å². The van der Waals surface area contributed by atoms with E-state index in [0.29, 0.717) is 6.42 Å². The topological polar surface area (TPSA) is 44.8 Å². The highest BCUT2D eigenvalue weighted by Crippen LogP contribution is 2.62. The van der Waals surface area contributed by atoms with Gasteiger partial charge >= 0.3 is 0 Å². The van der Waals surface area contributed by atoms with Gasteiger partial charge < -0.3 is 14.2 Å². The van der Waals surface area contributed by atoms with Crippen LogP contribution in [0.5, 0.6) is 0 Å². The van der Waals surface area contributed by atoms with E-state index in [1.54, 1.807) is 20.3 Å². The van der Waals surface area contributed by atoms with Crippen LogP contribution in [0.4, 0.5) is 0 Å². The molecule has 3 atom stereocenters. The second-order valence-electron chi connectivity index (χ2n) is 5.84.